The van der Waals surface area contributed by atoms with E-state index >= 15 is 0 Å². The second kappa shape index (κ2) is 5.02. The molecule has 2 N–H and O–H groups in total. The van der Waals surface area contributed by atoms with Crippen LogP contribution in [0.4, 0.5) is 5.82 Å². The van der Waals surface area contributed by atoms with Gasteiger partial charge in [0.2, 0.25) is 0 Å². The first kappa shape index (κ1) is 13.6. The molecule has 2 rings (SSSR count). The van der Waals surface area contributed by atoms with Crippen LogP contribution in [-0.4, -0.2) is 18.6 Å². The molecule has 0 spiro atoms. The summed E-state index contributed by atoms with van der Waals surface area (Å²) in [6, 6.07) is 1.60. The highest BCUT2D eigenvalue weighted by Crippen LogP contribution is 2.30. The normalized spacial score (nSPS) is 11.7. The molecule has 0 aromatic carbocycles. The van der Waals surface area contributed by atoms with E-state index in [1.807, 2.05) is 6.92 Å². The van der Waals surface area contributed by atoms with Crippen molar-refractivity contribution in [3.8, 4) is 0 Å². The summed E-state index contributed by atoms with van der Waals surface area (Å²) in [5.74, 6) is 0.430. The molecule has 0 unspecified atom stereocenters. The Morgan fingerprint density at radius 1 is 1.56 bits per heavy atom. The van der Waals surface area contributed by atoms with Gasteiger partial charge >= 0.3 is 0 Å². The van der Waals surface area contributed by atoms with Gasteiger partial charge in [0, 0.05) is 10.4 Å². The Labute approximate surface area is 118 Å². The number of H-pyrrole nitrogens is 1. The van der Waals surface area contributed by atoms with E-state index in [9.17, 15) is 8.42 Å². The van der Waals surface area contributed by atoms with Gasteiger partial charge in [-0.3, -0.25) is 9.82 Å². The van der Waals surface area contributed by atoms with Gasteiger partial charge in [0.25, 0.3) is 10.0 Å². The van der Waals surface area contributed by atoms with E-state index in [-0.39, 0.29) is 4.90 Å². The molecule has 8 heteroatoms. The first-order valence-corrected chi connectivity index (χ1v) is 8.34. The van der Waals surface area contributed by atoms with Crippen LogP contribution >= 0.6 is 27.3 Å². The fourth-order valence-electron chi connectivity index (χ4n) is 1.55. The Morgan fingerprint density at radius 2 is 2.28 bits per heavy atom. The predicted molar refractivity (Wildman–Crippen MR) is 75.5 cm³/mol. The van der Waals surface area contributed by atoms with Gasteiger partial charge in [-0.25, -0.2) is 8.42 Å². The number of thiophene rings is 1. The van der Waals surface area contributed by atoms with Gasteiger partial charge in [0.05, 0.1) is 9.98 Å². The molecular weight excluding hydrogens is 338 g/mol. The second-order valence-corrected chi connectivity index (χ2v) is 7.99. The third-order valence-corrected chi connectivity index (χ3v) is 5.63. The van der Waals surface area contributed by atoms with Gasteiger partial charge in [0.1, 0.15) is 10.7 Å². The number of sulfonamides is 1. The minimum Gasteiger partial charge on any atom is -0.263 e. The summed E-state index contributed by atoms with van der Waals surface area (Å²) in [6.07, 6.45) is 2.33. The molecule has 18 heavy (non-hydrogen) atoms. The van der Waals surface area contributed by atoms with E-state index in [0.717, 1.165) is 14.2 Å². The van der Waals surface area contributed by atoms with Gasteiger partial charge < -0.3 is 0 Å². The minimum absolute atomic E-state index is 0.288. The van der Waals surface area contributed by atoms with Crippen molar-refractivity contribution in [3.05, 3.63) is 26.5 Å². The number of nitrogens with zero attached hydrogens (tertiary/aromatic N) is 1. The first-order chi connectivity index (χ1) is 8.44. The third-order valence-electron chi connectivity index (χ3n) is 2.47. The van der Waals surface area contributed by atoms with Crippen LogP contribution in [0, 0.1) is 6.92 Å². The van der Waals surface area contributed by atoms with Crippen LogP contribution < -0.4 is 4.72 Å². The molecule has 2 aromatic heterocycles. The smallest absolute Gasteiger partial charge is 0.263 e. The molecule has 0 fully saturated rings. The predicted octanol–water partition coefficient (Wildman–Crippen LogP) is 2.91. The second-order valence-electron chi connectivity index (χ2n) is 3.70. The number of nitrogens with one attached hydrogen (secondary N) is 2. The van der Waals surface area contributed by atoms with Crippen LogP contribution in [0.3, 0.4) is 0 Å². The van der Waals surface area contributed by atoms with Crippen LogP contribution in [0.5, 0.6) is 0 Å². The molecule has 0 saturated heterocycles. The van der Waals surface area contributed by atoms with Crippen molar-refractivity contribution in [3.63, 3.8) is 0 Å². The number of rotatable bonds is 4. The van der Waals surface area contributed by atoms with Crippen molar-refractivity contribution in [2.24, 2.45) is 0 Å². The van der Waals surface area contributed by atoms with Gasteiger partial charge in [-0.15, -0.1) is 11.3 Å². The molecule has 0 bridgehead atoms. The van der Waals surface area contributed by atoms with E-state index < -0.39 is 10.0 Å². The summed E-state index contributed by atoms with van der Waals surface area (Å²) in [5, 5.41) is 6.50. The fraction of sp³-hybridized carbons (Fsp3) is 0.300. The van der Waals surface area contributed by atoms with Gasteiger partial charge in [0.15, 0.2) is 0 Å². The van der Waals surface area contributed by atoms with Crippen molar-refractivity contribution in [1.82, 2.24) is 10.2 Å². The summed E-state index contributed by atoms with van der Waals surface area (Å²) in [4.78, 5) is 1.03. The van der Waals surface area contributed by atoms with Crippen LogP contribution in [0.2, 0.25) is 0 Å². The molecule has 0 saturated carbocycles. The Bertz CT molecular complexity index is 660. The van der Waals surface area contributed by atoms with Gasteiger partial charge in [-0.2, -0.15) is 5.10 Å². The zero-order chi connectivity index (χ0) is 13.3. The molecule has 0 atom stereocenters. The summed E-state index contributed by atoms with van der Waals surface area (Å²) in [7, 11) is -3.57. The summed E-state index contributed by atoms with van der Waals surface area (Å²) in [6.45, 7) is 3.72. The number of aromatic nitrogens is 2. The fourth-order valence-corrected chi connectivity index (χ4v) is 5.03. The molecule has 98 valence electrons. The Morgan fingerprint density at radius 3 is 2.83 bits per heavy atom. The molecule has 2 aromatic rings. The van der Waals surface area contributed by atoms with Crippen molar-refractivity contribution in [2.75, 3.05) is 4.72 Å². The van der Waals surface area contributed by atoms with Crippen LogP contribution in [-0.2, 0) is 16.4 Å². The SMILES string of the molecule is CCc1cn[nH]c1NS(=O)(=O)c1cc(Br)sc1C. The molecule has 2 heterocycles. The lowest BCUT2D eigenvalue weighted by Crippen LogP contribution is -2.14. The van der Waals surface area contributed by atoms with Crippen molar-refractivity contribution < 1.29 is 8.42 Å². The van der Waals surface area contributed by atoms with E-state index in [0.29, 0.717) is 12.2 Å². The number of aryl methyl sites for hydroxylation is 2. The van der Waals surface area contributed by atoms with Crippen LogP contribution in [0.15, 0.2) is 20.9 Å². The molecular formula is C10H12BrN3O2S2. The van der Waals surface area contributed by atoms with Crippen molar-refractivity contribution in [1.29, 1.82) is 0 Å². The van der Waals surface area contributed by atoms with E-state index in [1.54, 1.807) is 19.2 Å². The third kappa shape index (κ3) is 2.60. The lowest BCUT2D eigenvalue weighted by molar-refractivity contribution is 0.601. The maximum Gasteiger partial charge on any atom is 0.264 e. The highest BCUT2D eigenvalue weighted by molar-refractivity contribution is 9.11. The molecule has 0 radical (unpaired) electrons. The maximum atomic E-state index is 12.2. The van der Waals surface area contributed by atoms with E-state index in [2.05, 4.69) is 30.8 Å². The van der Waals surface area contributed by atoms with Crippen LogP contribution in [0.1, 0.15) is 17.4 Å². The standard InChI is InChI=1S/C10H12BrN3O2S2/c1-3-7-5-12-13-10(7)14-18(15,16)8-4-9(11)17-6(8)2/h4-5H,3H2,1-2H3,(H2,12,13,14). The number of hydrogen-bond donors (Lipinski definition) is 2. The number of anilines is 1. The summed E-state index contributed by atoms with van der Waals surface area (Å²) in [5.41, 5.74) is 0.838. The van der Waals surface area contributed by atoms with E-state index in [4.69, 9.17) is 0 Å². The van der Waals surface area contributed by atoms with E-state index in [1.165, 1.54) is 11.3 Å². The minimum atomic E-state index is -3.57. The van der Waals surface area contributed by atoms with Crippen molar-refractivity contribution in [2.45, 2.75) is 25.2 Å². The average Bonchev–Trinajstić information content (AvgIpc) is 2.84. The molecule has 5 nitrogen and oxygen atoms in total. The Balaban J connectivity index is 2.36. The quantitative estimate of drug-likeness (QED) is 0.890. The molecule has 0 aliphatic rings. The average molecular weight is 350 g/mol. The van der Waals surface area contributed by atoms with Gasteiger partial charge in [-0.1, -0.05) is 6.92 Å². The Hall–Kier alpha value is -0.860. The Kier molecular flexibility index (Phi) is 3.79. The maximum absolute atomic E-state index is 12.2. The molecule has 0 aliphatic carbocycles. The topological polar surface area (TPSA) is 74.8 Å². The molecule has 0 amide bonds. The number of halogens is 1. The first-order valence-electron chi connectivity index (χ1n) is 5.25. The number of hydrogen-bond acceptors (Lipinski definition) is 4. The lowest BCUT2D eigenvalue weighted by atomic mass is 10.3. The summed E-state index contributed by atoms with van der Waals surface area (Å²) >= 11 is 4.68. The van der Waals surface area contributed by atoms with Crippen LogP contribution in [0.25, 0.3) is 0 Å². The lowest BCUT2D eigenvalue weighted by Gasteiger charge is -2.06. The highest BCUT2D eigenvalue weighted by atomic mass is 79.9. The zero-order valence-corrected chi connectivity index (χ0v) is 13.0. The zero-order valence-electron chi connectivity index (χ0n) is 9.82. The number of aromatic amines is 1. The summed E-state index contributed by atoms with van der Waals surface area (Å²) < 4.78 is 27.8. The highest BCUT2D eigenvalue weighted by Gasteiger charge is 2.21. The molecule has 0 aliphatic heterocycles. The monoisotopic (exact) mass is 349 g/mol. The van der Waals surface area contributed by atoms with Gasteiger partial charge in [-0.05, 0) is 35.3 Å². The van der Waals surface area contributed by atoms with Crippen molar-refractivity contribution >= 4 is 43.1 Å². The largest absolute Gasteiger partial charge is 0.264 e.